The van der Waals surface area contributed by atoms with Crippen molar-refractivity contribution in [3.8, 4) is 0 Å². The molecule has 1 amide bonds. The van der Waals surface area contributed by atoms with Crippen molar-refractivity contribution in [3.63, 3.8) is 0 Å². The molecule has 140 valence electrons. The maximum Gasteiger partial charge on any atom is 0.243 e. The van der Waals surface area contributed by atoms with Crippen molar-refractivity contribution in [2.45, 2.75) is 43.9 Å². The maximum absolute atomic E-state index is 12.6. The van der Waals surface area contributed by atoms with Crippen LogP contribution in [0.4, 0.5) is 5.13 Å². The Bertz CT molecular complexity index is 854. The molecule has 1 fully saturated rings. The number of hydrogen-bond donors (Lipinski definition) is 1. The van der Waals surface area contributed by atoms with Gasteiger partial charge in [0.05, 0.1) is 4.90 Å². The first-order valence-corrected chi connectivity index (χ1v) is 11.0. The average Bonchev–Trinajstić information content (AvgIpc) is 3.06. The fourth-order valence-electron chi connectivity index (χ4n) is 2.93. The largest absolute Gasteiger partial charge is 0.302 e. The number of sulfonamides is 1. The lowest BCUT2D eigenvalue weighted by atomic mass is 10.1. The van der Waals surface area contributed by atoms with Crippen LogP contribution in [-0.4, -0.2) is 36.7 Å². The Kier molecular flexibility index (Phi) is 6.05. The number of amides is 1. The Hall–Kier alpha value is -1.77. The number of carbonyl (C=O) groups excluding carboxylic acids is 1. The molecule has 1 saturated heterocycles. The van der Waals surface area contributed by atoms with E-state index in [2.05, 4.69) is 10.3 Å². The SMILES string of the molecule is Cc1cnc(NC(=O)CCc2ccc(S(=O)(=O)N3CCCCC3)cc2)s1. The highest BCUT2D eigenvalue weighted by molar-refractivity contribution is 7.89. The summed E-state index contributed by atoms with van der Waals surface area (Å²) >= 11 is 1.44. The van der Waals surface area contributed by atoms with Crippen LogP contribution in [0.25, 0.3) is 0 Å². The van der Waals surface area contributed by atoms with Gasteiger partial charge in [0.2, 0.25) is 15.9 Å². The van der Waals surface area contributed by atoms with Gasteiger partial charge >= 0.3 is 0 Å². The number of carbonyl (C=O) groups is 1. The molecule has 0 spiro atoms. The second kappa shape index (κ2) is 8.28. The number of nitrogens with one attached hydrogen (secondary N) is 1. The van der Waals surface area contributed by atoms with E-state index in [9.17, 15) is 13.2 Å². The van der Waals surface area contributed by atoms with Crippen LogP contribution in [0.2, 0.25) is 0 Å². The van der Waals surface area contributed by atoms with Crippen molar-refractivity contribution in [1.82, 2.24) is 9.29 Å². The smallest absolute Gasteiger partial charge is 0.243 e. The van der Waals surface area contributed by atoms with E-state index in [1.54, 1.807) is 34.8 Å². The Morgan fingerprint density at radius 2 is 1.88 bits per heavy atom. The highest BCUT2D eigenvalue weighted by Crippen LogP contribution is 2.21. The van der Waals surface area contributed by atoms with E-state index in [1.165, 1.54) is 11.3 Å². The lowest BCUT2D eigenvalue weighted by Gasteiger charge is -2.25. The summed E-state index contributed by atoms with van der Waals surface area (Å²) in [7, 11) is -3.40. The third-order valence-electron chi connectivity index (χ3n) is 4.38. The van der Waals surface area contributed by atoms with E-state index in [0.717, 1.165) is 29.7 Å². The second-order valence-corrected chi connectivity index (χ2v) is 9.61. The van der Waals surface area contributed by atoms with Crippen LogP contribution in [0.15, 0.2) is 35.4 Å². The zero-order chi connectivity index (χ0) is 18.6. The number of aryl methyl sites for hydroxylation is 2. The summed E-state index contributed by atoms with van der Waals surface area (Å²) in [6, 6.07) is 6.86. The number of thiazole rings is 1. The molecule has 1 N–H and O–H groups in total. The van der Waals surface area contributed by atoms with Crippen molar-refractivity contribution in [2.24, 2.45) is 0 Å². The van der Waals surface area contributed by atoms with Gasteiger partial charge in [0.25, 0.3) is 0 Å². The lowest BCUT2D eigenvalue weighted by Crippen LogP contribution is -2.35. The summed E-state index contributed by atoms with van der Waals surface area (Å²) in [5.74, 6) is -0.0932. The third kappa shape index (κ3) is 4.69. The maximum atomic E-state index is 12.6. The zero-order valence-electron chi connectivity index (χ0n) is 14.8. The fraction of sp³-hybridized carbons (Fsp3) is 0.444. The number of hydrogen-bond acceptors (Lipinski definition) is 5. The van der Waals surface area contributed by atoms with Gasteiger partial charge < -0.3 is 5.32 Å². The normalized spacial score (nSPS) is 15.7. The number of nitrogens with zero attached hydrogens (tertiary/aromatic N) is 2. The van der Waals surface area contributed by atoms with Crippen molar-refractivity contribution in [2.75, 3.05) is 18.4 Å². The molecule has 2 aromatic rings. The fourth-order valence-corrected chi connectivity index (χ4v) is 5.13. The number of benzene rings is 1. The first-order valence-electron chi connectivity index (χ1n) is 8.76. The molecule has 0 saturated carbocycles. The van der Waals surface area contributed by atoms with Gasteiger partial charge in [-0.25, -0.2) is 13.4 Å². The number of piperidine rings is 1. The van der Waals surface area contributed by atoms with Crippen LogP contribution in [0.5, 0.6) is 0 Å². The number of rotatable bonds is 6. The summed E-state index contributed by atoms with van der Waals surface area (Å²) in [5, 5.41) is 3.38. The van der Waals surface area contributed by atoms with E-state index in [0.29, 0.717) is 36.0 Å². The third-order valence-corrected chi connectivity index (χ3v) is 7.13. The zero-order valence-corrected chi connectivity index (χ0v) is 16.4. The molecule has 1 aromatic carbocycles. The second-order valence-electron chi connectivity index (χ2n) is 6.43. The molecule has 0 atom stereocenters. The van der Waals surface area contributed by atoms with Crippen molar-refractivity contribution in [1.29, 1.82) is 0 Å². The summed E-state index contributed by atoms with van der Waals surface area (Å²) in [4.78, 5) is 17.5. The van der Waals surface area contributed by atoms with Crippen molar-refractivity contribution < 1.29 is 13.2 Å². The molecular formula is C18H23N3O3S2. The average molecular weight is 394 g/mol. The van der Waals surface area contributed by atoms with E-state index < -0.39 is 10.0 Å². The molecular weight excluding hydrogens is 370 g/mol. The topological polar surface area (TPSA) is 79.4 Å². The molecule has 0 unspecified atom stereocenters. The van der Waals surface area contributed by atoms with Gasteiger partial charge in [0.15, 0.2) is 5.13 Å². The Labute approximate surface area is 158 Å². The van der Waals surface area contributed by atoms with Crippen LogP contribution < -0.4 is 5.32 Å². The predicted octanol–water partition coefficient (Wildman–Crippen LogP) is 3.20. The summed E-state index contributed by atoms with van der Waals surface area (Å²) in [5.41, 5.74) is 0.938. The molecule has 0 bridgehead atoms. The molecule has 6 nitrogen and oxygen atoms in total. The lowest BCUT2D eigenvalue weighted by molar-refractivity contribution is -0.116. The van der Waals surface area contributed by atoms with E-state index >= 15 is 0 Å². The molecule has 1 aromatic heterocycles. The quantitative estimate of drug-likeness (QED) is 0.817. The van der Waals surface area contributed by atoms with Crippen molar-refractivity contribution in [3.05, 3.63) is 40.9 Å². The Balaban J connectivity index is 1.56. The van der Waals surface area contributed by atoms with Gasteiger partial charge in [-0.05, 0) is 43.9 Å². The van der Waals surface area contributed by atoms with Gasteiger partial charge in [-0.15, -0.1) is 11.3 Å². The van der Waals surface area contributed by atoms with Crippen LogP contribution in [0.1, 0.15) is 36.1 Å². The van der Waals surface area contributed by atoms with Crippen LogP contribution in [0.3, 0.4) is 0 Å². The summed E-state index contributed by atoms with van der Waals surface area (Å²) in [6.07, 6.45) is 5.54. The number of aromatic nitrogens is 1. The van der Waals surface area contributed by atoms with E-state index in [-0.39, 0.29) is 5.91 Å². The molecule has 0 aliphatic carbocycles. The molecule has 26 heavy (non-hydrogen) atoms. The highest BCUT2D eigenvalue weighted by Gasteiger charge is 2.25. The van der Waals surface area contributed by atoms with E-state index in [4.69, 9.17) is 0 Å². The Morgan fingerprint density at radius 1 is 1.19 bits per heavy atom. The molecule has 2 heterocycles. The molecule has 8 heteroatoms. The Morgan fingerprint density at radius 3 is 2.50 bits per heavy atom. The summed E-state index contributed by atoms with van der Waals surface area (Å²) < 4.78 is 26.8. The van der Waals surface area contributed by atoms with Gasteiger partial charge in [0.1, 0.15) is 0 Å². The molecule has 0 radical (unpaired) electrons. The minimum absolute atomic E-state index is 0.0932. The molecule has 1 aliphatic rings. The van der Waals surface area contributed by atoms with Gasteiger partial charge in [0, 0.05) is 30.6 Å². The van der Waals surface area contributed by atoms with Gasteiger partial charge in [-0.3, -0.25) is 4.79 Å². The first kappa shape index (κ1) is 19.0. The van der Waals surface area contributed by atoms with E-state index in [1.807, 2.05) is 6.92 Å². The van der Waals surface area contributed by atoms with Crippen LogP contribution in [0, 0.1) is 6.92 Å². The molecule has 1 aliphatic heterocycles. The minimum atomic E-state index is -3.40. The van der Waals surface area contributed by atoms with Gasteiger partial charge in [-0.2, -0.15) is 4.31 Å². The molecule has 3 rings (SSSR count). The predicted molar refractivity (Wildman–Crippen MR) is 103 cm³/mol. The van der Waals surface area contributed by atoms with Crippen LogP contribution >= 0.6 is 11.3 Å². The summed E-state index contributed by atoms with van der Waals surface area (Å²) in [6.45, 7) is 3.13. The monoisotopic (exact) mass is 393 g/mol. The standard InChI is InChI=1S/C18H23N3O3S2/c1-14-13-19-18(25-14)20-17(22)10-7-15-5-8-16(9-6-15)26(23,24)21-11-3-2-4-12-21/h5-6,8-9,13H,2-4,7,10-12H2,1H3,(H,19,20,22). The minimum Gasteiger partial charge on any atom is -0.302 e. The first-order chi connectivity index (χ1) is 12.4. The number of anilines is 1. The van der Waals surface area contributed by atoms with Crippen LogP contribution in [-0.2, 0) is 21.2 Å². The van der Waals surface area contributed by atoms with Crippen molar-refractivity contribution >= 4 is 32.4 Å². The highest BCUT2D eigenvalue weighted by atomic mass is 32.2. The van der Waals surface area contributed by atoms with Gasteiger partial charge in [-0.1, -0.05) is 18.6 Å².